The van der Waals surface area contributed by atoms with E-state index in [0.29, 0.717) is 6.42 Å². The van der Waals surface area contributed by atoms with E-state index in [2.05, 4.69) is 19.1 Å². The molecule has 0 saturated carbocycles. The lowest BCUT2D eigenvalue weighted by molar-refractivity contribution is -0.137. The van der Waals surface area contributed by atoms with Gasteiger partial charge in [-0.1, -0.05) is 64.0 Å². The molecule has 0 rings (SSSR count). The van der Waals surface area contributed by atoms with Crippen LogP contribution in [0.2, 0.25) is 0 Å². The van der Waals surface area contributed by atoms with E-state index in [-0.39, 0.29) is 45.7 Å². The number of rotatable bonds is 21. The van der Waals surface area contributed by atoms with Crippen LogP contribution < -0.4 is 0 Å². The van der Waals surface area contributed by atoms with Crippen LogP contribution in [-0.4, -0.2) is 126 Å². The minimum Gasteiger partial charge on any atom is -0.481 e. The van der Waals surface area contributed by atoms with E-state index in [4.69, 9.17) is 51.1 Å². The van der Waals surface area contributed by atoms with Gasteiger partial charge in [0, 0.05) is 6.42 Å². The second kappa shape index (κ2) is 39.0. The van der Waals surface area contributed by atoms with Crippen molar-refractivity contribution in [3.05, 3.63) is 12.2 Å². The van der Waals surface area contributed by atoms with Crippen LogP contribution in [0.3, 0.4) is 0 Å². The second-order valence-electron chi connectivity index (χ2n) is 8.97. The first-order chi connectivity index (χ1) is 18.6. The molecule has 0 aromatic rings. The molecule has 39 heavy (non-hydrogen) atoms. The highest BCUT2D eigenvalue weighted by Gasteiger charge is 2.01. The van der Waals surface area contributed by atoms with Gasteiger partial charge < -0.3 is 56.2 Å². The van der Waals surface area contributed by atoms with Gasteiger partial charge >= 0.3 is 5.97 Å². The Balaban J connectivity index is -0.000000274. The Hall–Kier alpha value is -1.19. The Morgan fingerprint density at radius 2 is 0.974 bits per heavy atom. The zero-order valence-corrected chi connectivity index (χ0v) is 23.7. The van der Waals surface area contributed by atoms with Crippen molar-refractivity contribution in [1.82, 2.24) is 0 Å². The standard InChI is InChI=1S/C18H34O3.3C3H8O3/c1-2-3-4-11-14-17(19)15-12-9-7-5-6-8-10-13-16-18(20)21;3*4-1-3(6)2-5/h9,12,17,19H,2-8,10-11,13-16H2,1H3,(H,20,21);3*3-6H,1-2H2/b12-9-;;;/t17-;;;/m1.../s1. The summed E-state index contributed by atoms with van der Waals surface area (Å²) in [4.78, 5) is 10.3. The van der Waals surface area contributed by atoms with Gasteiger partial charge in [-0.05, 0) is 32.1 Å². The highest BCUT2D eigenvalue weighted by atomic mass is 16.4. The fourth-order valence-electron chi connectivity index (χ4n) is 2.54. The molecule has 0 aromatic carbocycles. The molecule has 12 heteroatoms. The Morgan fingerprint density at radius 3 is 1.36 bits per heavy atom. The van der Waals surface area contributed by atoms with E-state index >= 15 is 0 Å². The smallest absolute Gasteiger partial charge is 0.303 e. The lowest BCUT2D eigenvalue weighted by Gasteiger charge is -2.07. The van der Waals surface area contributed by atoms with Gasteiger partial charge in [-0.2, -0.15) is 0 Å². The van der Waals surface area contributed by atoms with Crippen LogP contribution in [0.1, 0.15) is 90.4 Å². The third-order valence-electron chi connectivity index (χ3n) is 4.99. The molecule has 0 aliphatic heterocycles. The fourth-order valence-corrected chi connectivity index (χ4v) is 2.54. The first kappa shape index (κ1) is 44.8. The van der Waals surface area contributed by atoms with Gasteiger partial charge in [-0.3, -0.25) is 4.79 Å². The molecule has 0 heterocycles. The maximum Gasteiger partial charge on any atom is 0.303 e. The molecule has 0 fully saturated rings. The van der Waals surface area contributed by atoms with Gasteiger partial charge in [0.05, 0.1) is 45.7 Å². The minimum absolute atomic E-state index is 0.172. The van der Waals surface area contributed by atoms with Crippen LogP contribution in [0.5, 0.6) is 0 Å². The summed E-state index contributed by atoms with van der Waals surface area (Å²) >= 11 is 0. The third-order valence-corrected chi connectivity index (χ3v) is 4.99. The van der Waals surface area contributed by atoms with Crippen molar-refractivity contribution in [3.8, 4) is 0 Å². The zero-order valence-electron chi connectivity index (χ0n) is 23.7. The van der Waals surface area contributed by atoms with E-state index < -0.39 is 24.3 Å². The molecule has 1 atom stereocenters. The van der Waals surface area contributed by atoms with Crippen molar-refractivity contribution in [2.45, 2.75) is 115 Å². The lowest BCUT2D eigenvalue weighted by atomic mass is 10.1. The second-order valence-corrected chi connectivity index (χ2v) is 8.97. The third kappa shape index (κ3) is 50.2. The monoisotopic (exact) mass is 574 g/mol. The topological polar surface area (TPSA) is 240 Å². The van der Waals surface area contributed by atoms with Crippen LogP contribution in [-0.2, 0) is 4.79 Å². The van der Waals surface area contributed by atoms with Crippen LogP contribution >= 0.6 is 0 Å². The molecule has 0 spiro atoms. The molecule has 238 valence electrons. The average molecular weight is 575 g/mol. The summed E-state index contributed by atoms with van der Waals surface area (Å²) in [6, 6.07) is 0. The Labute approximate surface area is 233 Å². The van der Waals surface area contributed by atoms with Crippen molar-refractivity contribution in [2.75, 3.05) is 39.6 Å². The van der Waals surface area contributed by atoms with Crippen molar-refractivity contribution in [1.29, 1.82) is 0 Å². The number of carbonyl (C=O) groups is 1. The molecule has 0 radical (unpaired) electrons. The van der Waals surface area contributed by atoms with Crippen molar-refractivity contribution < 1.29 is 61.0 Å². The summed E-state index contributed by atoms with van der Waals surface area (Å²) in [6.45, 7) is 0.0122. The van der Waals surface area contributed by atoms with Gasteiger partial charge in [0.15, 0.2) is 0 Å². The summed E-state index contributed by atoms with van der Waals surface area (Å²) in [5.74, 6) is -0.689. The Morgan fingerprint density at radius 1 is 0.564 bits per heavy atom. The van der Waals surface area contributed by atoms with Crippen LogP contribution in [0.25, 0.3) is 0 Å². The molecular weight excluding hydrogens is 516 g/mol. The summed E-state index contributed by atoms with van der Waals surface area (Å²) in [6.07, 6.45) is 14.5. The van der Waals surface area contributed by atoms with Crippen LogP contribution in [0.4, 0.5) is 0 Å². The summed E-state index contributed by atoms with van der Waals surface area (Å²) in [5, 5.41) is 90.4. The zero-order chi connectivity index (χ0) is 30.7. The average Bonchev–Trinajstić information content (AvgIpc) is 2.95. The lowest BCUT2D eigenvalue weighted by Crippen LogP contribution is -2.15. The first-order valence-corrected chi connectivity index (χ1v) is 13.8. The van der Waals surface area contributed by atoms with Crippen LogP contribution in [0, 0.1) is 0 Å². The largest absolute Gasteiger partial charge is 0.481 e. The first-order valence-electron chi connectivity index (χ1n) is 13.8. The van der Waals surface area contributed by atoms with Crippen molar-refractivity contribution in [3.63, 3.8) is 0 Å². The number of unbranched alkanes of at least 4 members (excludes halogenated alkanes) is 8. The Kier molecular flexibility index (Phi) is 44.8. The molecule has 12 nitrogen and oxygen atoms in total. The predicted octanol–water partition coefficient (Wildman–Crippen LogP) is 0.0750. The predicted molar refractivity (Wildman–Crippen MR) is 149 cm³/mol. The number of carboxylic acids is 1. The Bertz CT molecular complexity index is 444. The molecule has 11 N–H and O–H groups in total. The molecular formula is C27H58O12. The quantitative estimate of drug-likeness (QED) is 0.0645. The molecule has 0 aromatic heterocycles. The maximum absolute atomic E-state index is 10.3. The summed E-state index contributed by atoms with van der Waals surface area (Å²) in [7, 11) is 0. The summed E-state index contributed by atoms with van der Waals surface area (Å²) in [5.41, 5.74) is 0. The van der Waals surface area contributed by atoms with E-state index in [1.54, 1.807) is 0 Å². The van der Waals surface area contributed by atoms with Gasteiger partial charge in [-0.15, -0.1) is 0 Å². The van der Waals surface area contributed by atoms with E-state index in [1.807, 2.05) is 0 Å². The highest BCUT2D eigenvalue weighted by molar-refractivity contribution is 5.66. The number of allylic oxidation sites excluding steroid dienone is 1. The van der Waals surface area contributed by atoms with E-state index in [9.17, 15) is 9.90 Å². The number of hydrogen-bond acceptors (Lipinski definition) is 11. The number of aliphatic carboxylic acids is 1. The van der Waals surface area contributed by atoms with Gasteiger partial charge in [0.2, 0.25) is 0 Å². The fraction of sp³-hybridized carbons (Fsp3) is 0.889. The van der Waals surface area contributed by atoms with Gasteiger partial charge in [0.25, 0.3) is 0 Å². The van der Waals surface area contributed by atoms with Crippen LogP contribution in [0.15, 0.2) is 12.2 Å². The number of hydrogen-bond donors (Lipinski definition) is 11. The summed E-state index contributed by atoms with van der Waals surface area (Å²) < 4.78 is 0. The molecule has 0 aliphatic rings. The highest BCUT2D eigenvalue weighted by Crippen LogP contribution is 2.10. The molecule has 0 saturated heterocycles. The van der Waals surface area contributed by atoms with E-state index in [1.165, 1.54) is 25.7 Å². The molecule has 0 aliphatic carbocycles. The molecule has 0 unspecified atom stereocenters. The molecule has 0 amide bonds. The SMILES string of the molecule is CCCCCC[C@@H](O)C/C=C\CCCCCCCC(=O)O.OCC(O)CO.OCC(O)CO.OCC(O)CO. The minimum atomic E-state index is -0.954. The number of carboxylic acid groups (broad SMARTS) is 1. The van der Waals surface area contributed by atoms with Crippen molar-refractivity contribution >= 4 is 5.97 Å². The van der Waals surface area contributed by atoms with Gasteiger partial charge in [-0.25, -0.2) is 0 Å². The number of aliphatic hydroxyl groups is 10. The maximum atomic E-state index is 10.3. The molecule has 0 bridgehead atoms. The van der Waals surface area contributed by atoms with E-state index in [0.717, 1.165) is 51.4 Å². The van der Waals surface area contributed by atoms with Crippen molar-refractivity contribution in [2.24, 2.45) is 0 Å². The number of aliphatic hydroxyl groups excluding tert-OH is 10. The normalized spacial score (nSPS) is 11.5. The van der Waals surface area contributed by atoms with Gasteiger partial charge in [0.1, 0.15) is 18.3 Å².